The number of unbranched alkanes of at least 4 members (excludes halogenated alkanes) is 2. The molecule has 0 rings (SSSR count). The van der Waals surface area contributed by atoms with E-state index in [4.69, 9.17) is 9.47 Å². The maximum Gasteiger partial charge on any atom is 0.407 e. The predicted octanol–water partition coefficient (Wildman–Crippen LogP) is 3.69. The summed E-state index contributed by atoms with van der Waals surface area (Å²) in [5.41, 5.74) is -1.40. The second-order valence-corrected chi connectivity index (χ2v) is 10.4. The highest BCUT2D eigenvalue weighted by Gasteiger charge is 2.33. The number of hydrogen-bond acceptors (Lipinski definition) is 6. The molecule has 0 unspecified atom stereocenters. The van der Waals surface area contributed by atoms with E-state index in [2.05, 4.69) is 10.6 Å². The second-order valence-electron chi connectivity index (χ2n) is 10.4. The first kappa shape index (κ1) is 29.2. The van der Waals surface area contributed by atoms with Gasteiger partial charge in [-0.3, -0.25) is 4.79 Å². The first-order chi connectivity index (χ1) is 14.1. The monoisotopic (exact) mass is 444 g/mol. The number of carbonyl (C=O) groups is 3. The van der Waals surface area contributed by atoms with E-state index >= 15 is 0 Å². The maximum atomic E-state index is 12.8. The Balaban J connectivity index is 5.34. The molecule has 8 heteroatoms. The number of ether oxygens (including phenoxy) is 2. The molecule has 0 aromatic rings. The number of amides is 2. The number of aliphatic hydroxyl groups is 1. The fourth-order valence-corrected chi connectivity index (χ4v) is 2.88. The van der Waals surface area contributed by atoms with Gasteiger partial charge >= 0.3 is 12.1 Å². The van der Waals surface area contributed by atoms with Crippen LogP contribution < -0.4 is 10.6 Å². The molecule has 0 aliphatic rings. The quantitative estimate of drug-likeness (QED) is 0.331. The van der Waals surface area contributed by atoms with Crippen LogP contribution in [-0.2, 0) is 19.1 Å². The molecule has 8 nitrogen and oxygen atoms in total. The van der Waals surface area contributed by atoms with Gasteiger partial charge in [0.05, 0.1) is 6.04 Å². The van der Waals surface area contributed by atoms with Gasteiger partial charge in [0.1, 0.15) is 17.2 Å². The third-order valence-corrected chi connectivity index (χ3v) is 4.19. The van der Waals surface area contributed by atoms with Crippen LogP contribution in [0, 0.1) is 5.92 Å². The zero-order valence-electron chi connectivity index (χ0n) is 20.8. The van der Waals surface area contributed by atoms with E-state index in [1.54, 1.807) is 41.5 Å². The van der Waals surface area contributed by atoms with Gasteiger partial charge in [0.25, 0.3) is 5.91 Å². The summed E-state index contributed by atoms with van der Waals surface area (Å²) in [7, 11) is 0. The van der Waals surface area contributed by atoms with Crippen LogP contribution >= 0.6 is 0 Å². The Morgan fingerprint density at radius 3 is 1.90 bits per heavy atom. The maximum absolute atomic E-state index is 12.8. The number of carbonyl (C=O) groups excluding carboxylic acids is 3. The third-order valence-electron chi connectivity index (χ3n) is 4.19. The van der Waals surface area contributed by atoms with Gasteiger partial charge in [0.2, 0.25) is 0 Å². The average Bonchev–Trinajstić information content (AvgIpc) is 2.56. The number of nitrogens with one attached hydrogen (secondary N) is 2. The lowest BCUT2D eigenvalue weighted by molar-refractivity contribution is -0.159. The van der Waals surface area contributed by atoms with Crippen LogP contribution in [0.3, 0.4) is 0 Å². The summed E-state index contributed by atoms with van der Waals surface area (Å²) in [6.07, 6.45) is 1.12. The van der Waals surface area contributed by atoms with Crippen molar-refractivity contribution in [2.24, 2.45) is 5.92 Å². The molecule has 0 aromatic heterocycles. The number of hydrogen-bond donors (Lipinski definition) is 3. The van der Waals surface area contributed by atoms with Crippen molar-refractivity contribution in [3.63, 3.8) is 0 Å². The Hall–Kier alpha value is -1.83. The minimum atomic E-state index is -1.53. The highest BCUT2D eigenvalue weighted by molar-refractivity contribution is 5.87. The summed E-state index contributed by atoms with van der Waals surface area (Å²) in [5, 5.41) is 15.9. The van der Waals surface area contributed by atoms with Gasteiger partial charge in [-0.2, -0.15) is 0 Å². The SMILES string of the molecule is CCCCC[C@@H](NC(=O)OC(C)(C)C)[C@H](O)C(=O)N[C@@H](CC(C)C)C(=O)OC(C)(C)C. The topological polar surface area (TPSA) is 114 Å². The van der Waals surface area contributed by atoms with Gasteiger partial charge in [-0.15, -0.1) is 0 Å². The van der Waals surface area contributed by atoms with Crippen molar-refractivity contribution in [1.82, 2.24) is 10.6 Å². The molecule has 0 spiro atoms. The molecule has 0 saturated heterocycles. The molecular formula is C23H44N2O6. The Kier molecular flexibility index (Phi) is 12.1. The predicted molar refractivity (Wildman–Crippen MR) is 121 cm³/mol. The Morgan fingerprint density at radius 2 is 1.45 bits per heavy atom. The normalized spacial score (nSPS) is 15.1. The lowest BCUT2D eigenvalue weighted by Gasteiger charge is -2.29. The molecule has 0 heterocycles. The molecule has 3 N–H and O–H groups in total. The number of aliphatic hydroxyl groups excluding tert-OH is 1. The zero-order valence-corrected chi connectivity index (χ0v) is 20.8. The zero-order chi connectivity index (χ0) is 24.4. The van der Waals surface area contributed by atoms with Crippen LogP contribution in [0.15, 0.2) is 0 Å². The number of rotatable bonds is 11. The Morgan fingerprint density at radius 1 is 0.903 bits per heavy atom. The molecule has 0 aliphatic carbocycles. The number of esters is 1. The fraction of sp³-hybridized carbons (Fsp3) is 0.870. The Bertz CT molecular complexity index is 578. The summed E-state index contributed by atoms with van der Waals surface area (Å²) in [4.78, 5) is 37.6. The van der Waals surface area contributed by atoms with Crippen LogP contribution in [0.4, 0.5) is 4.79 Å². The molecule has 0 bridgehead atoms. The van der Waals surface area contributed by atoms with Gasteiger partial charge in [-0.25, -0.2) is 9.59 Å². The first-order valence-electron chi connectivity index (χ1n) is 11.3. The summed E-state index contributed by atoms with van der Waals surface area (Å²) >= 11 is 0. The first-order valence-corrected chi connectivity index (χ1v) is 11.3. The van der Waals surface area contributed by atoms with E-state index in [1.165, 1.54) is 0 Å². The van der Waals surface area contributed by atoms with Gasteiger partial charge in [0.15, 0.2) is 6.10 Å². The molecule has 0 aromatic carbocycles. The lowest BCUT2D eigenvalue weighted by Crippen LogP contribution is -2.55. The van der Waals surface area contributed by atoms with Crippen LogP contribution in [0.5, 0.6) is 0 Å². The summed E-state index contributed by atoms with van der Waals surface area (Å²) < 4.78 is 10.7. The average molecular weight is 445 g/mol. The van der Waals surface area contributed by atoms with Crippen molar-refractivity contribution >= 4 is 18.0 Å². The van der Waals surface area contributed by atoms with Gasteiger partial charge < -0.3 is 25.2 Å². The van der Waals surface area contributed by atoms with Crippen molar-refractivity contribution < 1.29 is 29.0 Å². The van der Waals surface area contributed by atoms with Crippen molar-refractivity contribution in [1.29, 1.82) is 0 Å². The highest BCUT2D eigenvalue weighted by Crippen LogP contribution is 2.15. The smallest absolute Gasteiger partial charge is 0.407 e. The standard InChI is InChI=1S/C23H44N2O6/c1-10-11-12-13-16(25-21(29)31-23(7,8)9)18(26)19(27)24-17(14-15(2)3)20(28)30-22(4,5)6/h15-18,26H,10-14H2,1-9H3,(H,24,27)(H,25,29)/t16-,17+,18+/m1/s1. The van der Waals surface area contributed by atoms with Crippen LogP contribution in [0.25, 0.3) is 0 Å². The van der Waals surface area contributed by atoms with E-state index in [-0.39, 0.29) is 5.92 Å². The van der Waals surface area contributed by atoms with E-state index < -0.39 is 47.4 Å². The molecule has 2 amide bonds. The molecule has 0 saturated carbocycles. The minimum absolute atomic E-state index is 0.121. The molecule has 182 valence electrons. The minimum Gasteiger partial charge on any atom is -0.458 e. The van der Waals surface area contributed by atoms with Crippen LogP contribution in [-0.4, -0.2) is 52.5 Å². The van der Waals surface area contributed by atoms with Crippen molar-refractivity contribution in [3.8, 4) is 0 Å². The number of alkyl carbamates (subject to hydrolysis) is 1. The summed E-state index contributed by atoms with van der Waals surface area (Å²) in [5.74, 6) is -1.16. The third kappa shape index (κ3) is 14.0. The molecular weight excluding hydrogens is 400 g/mol. The Labute approximate surface area is 187 Å². The molecule has 0 radical (unpaired) electrons. The van der Waals surface area contributed by atoms with E-state index in [0.717, 1.165) is 19.3 Å². The van der Waals surface area contributed by atoms with Gasteiger partial charge in [-0.05, 0) is 60.3 Å². The van der Waals surface area contributed by atoms with E-state index in [0.29, 0.717) is 12.8 Å². The van der Waals surface area contributed by atoms with Crippen molar-refractivity contribution in [3.05, 3.63) is 0 Å². The lowest BCUT2D eigenvalue weighted by atomic mass is 10.0. The van der Waals surface area contributed by atoms with Crippen molar-refractivity contribution in [2.75, 3.05) is 0 Å². The van der Waals surface area contributed by atoms with Crippen LogP contribution in [0.1, 0.15) is 94.4 Å². The van der Waals surface area contributed by atoms with E-state index in [1.807, 2.05) is 20.8 Å². The fourth-order valence-electron chi connectivity index (χ4n) is 2.88. The summed E-state index contributed by atoms with van der Waals surface area (Å²) in [6, 6.07) is -1.72. The summed E-state index contributed by atoms with van der Waals surface area (Å²) in [6.45, 7) is 16.4. The second kappa shape index (κ2) is 12.9. The van der Waals surface area contributed by atoms with Gasteiger partial charge in [-0.1, -0.05) is 40.0 Å². The molecule has 0 aliphatic heterocycles. The van der Waals surface area contributed by atoms with E-state index in [9.17, 15) is 19.5 Å². The van der Waals surface area contributed by atoms with Crippen molar-refractivity contribution in [2.45, 2.75) is 124 Å². The molecule has 0 fully saturated rings. The molecule has 3 atom stereocenters. The van der Waals surface area contributed by atoms with Gasteiger partial charge in [0, 0.05) is 0 Å². The highest BCUT2D eigenvalue weighted by atomic mass is 16.6. The van der Waals surface area contributed by atoms with Crippen LogP contribution in [0.2, 0.25) is 0 Å². The molecule has 31 heavy (non-hydrogen) atoms. The largest absolute Gasteiger partial charge is 0.458 e.